The first kappa shape index (κ1) is 14.1. The molecule has 6 nitrogen and oxygen atoms in total. The number of nitrogens with one attached hydrogen (secondary N) is 2. The molecule has 2 N–H and O–H groups in total. The number of aryl methyl sites for hydroxylation is 1. The molecule has 3 rings (SSSR count). The Morgan fingerprint density at radius 1 is 1.27 bits per heavy atom. The topological polar surface area (TPSA) is 79.8 Å². The van der Waals surface area contributed by atoms with Crippen LogP contribution in [-0.2, 0) is 6.54 Å². The number of carbonyl (C=O) groups excluding carboxylic acids is 1. The van der Waals surface area contributed by atoms with E-state index in [0.29, 0.717) is 13.1 Å². The summed E-state index contributed by atoms with van der Waals surface area (Å²) in [5, 5.41) is 2.76. The van der Waals surface area contributed by atoms with Gasteiger partial charge in [0.25, 0.3) is 11.5 Å². The molecule has 0 saturated carbocycles. The fourth-order valence-electron chi connectivity index (χ4n) is 2.46. The van der Waals surface area contributed by atoms with Gasteiger partial charge in [-0.2, -0.15) is 0 Å². The van der Waals surface area contributed by atoms with Gasteiger partial charge in [-0.15, -0.1) is 0 Å². The SMILES string of the molecule is Cc1nc2ccccc2n1CCNC(=O)c1ccc[nH]c1=O. The first-order chi connectivity index (χ1) is 10.7. The van der Waals surface area contributed by atoms with Crippen molar-refractivity contribution >= 4 is 16.9 Å². The number of H-pyrrole nitrogens is 1. The number of benzene rings is 1. The summed E-state index contributed by atoms with van der Waals surface area (Å²) in [7, 11) is 0. The second kappa shape index (κ2) is 5.85. The summed E-state index contributed by atoms with van der Waals surface area (Å²) in [6, 6.07) is 11.0. The number of hydrogen-bond acceptors (Lipinski definition) is 3. The zero-order chi connectivity index (χ0) is 15.5. The lowest BCUT2D eigenvalue weighted by Gasteiger charge is -2.08. The fourth-order valence-corrected chi connectivity index (χ4v) is 2.46. The molecule has 0 unspecified atom stereocenters. The highest BCUT2D eigenvalue weighted by Gasteiger charge is 2.10. The zero-order valence-corrected chi connectivity index (χ0v) is 12.2. The molecule has 1 aromatic carbocycles. The van der Waals surface area contributed by atoms with Crippen molar-refractivity contribution in [1.82, 2.24) is 19.9 Å². The van der Waals surface area contributed by atoms with Crippen LogP contribution in [0.4, 0.5) is 0 Å². The third kappa shape index (κ3) is 2.63. The lowest BCUT2D eigenvalue weighted by atomic mass is 10.2. The average Bonchev–Trinajstić information content (AvgIpc) is 2.83. The number of imidazole rings is 1. The van der Waals surface area contributed by atoms with Crippen molar-refractivity contribution in [2.75, 3.05) is 6.54 Å². The van der Waals surface area contributed by atoms with Gasteiger partial charge in [0.2, 0.25) is 0 Å². The Kier molecular flexibility index (Phi) is 3.74. The highest BCUT2D eigenvalue weighted by Crippen LogP contribution is 2.14. The van der Waals surface area contributed by atoms with Gasteiger partial charge in [0.1, 0.15) is 11.4 Å². The molecule has 0 spiro atoms. The predicted molar refractivity (Wildman–Crippen MR) is 83.9 cm³/mol. The van der Waals surface area contributed by atoms with Crippen molar-refractivity contribution in [3.8, 4) is 0 Å². The van der Waals surface area contributed by atoms with Gasteiger partial charge in [0.05, 0.1) is 11.0 Å². The van der Waals surface area contributed by atoms with Crippen molar-refractivity contribution in [2.24, 2.45) is 0 Å². The summed E-state index contributed by atoms with van der Waals surface area (Å²) in [5.41, 5.74) is 1.71. The fraction of sp³-hybridized carbons (Fsp3) is 0.188. The summed E-state index contributed by atoms with van der Waals surface area (Å²) in [6.45, 7) is 2.96. The van der Waals surface area contributed by atoms with E-state index in [-0.39, 0.29) is 17.0 Å². The van der Waals surface area contributed by atoms with Gasteiger partial charge in [-0.3, -0.25) is 9.59 Å². The molecule has 0 bridgehead atoms. The molecule has 22 heavy (non-hydrogen) atoms. The quantitative estimate of drug-likeness (QED) is 0.765. The number of rotatable bonds is 4. The summed E-state index contributed by atoms with van der Waals surface area (Å²) in [6.07, 6.45) is 1.50. The smallest absolute Gasteiger partial charge is 0.260 e. The Morgan fingerprint density at radius 2 is 2.09 bits per heavy atom. The number of fused-ring (bicyclic) bond motifs is 1. The minimum atomic E-state index is -0.385. The third-order valence-corrected chi connectivity index (χ3v) is 3.53. The van der Waals surface area contributed by atoms with Crippen LogP contribution < -0.4 is 10.9 Å². The average molecular weight is 296 g/mol. The van der Waals surface area contributed by atoms with E-state index in [2.05, 4.69) is 15.3 Å². The Bertz CT molecular complexity index is 879. The van der Waals surface area contributed by atoms with Gasteiger partial charge >= 0.3 is 0 Å². The molecular formula is C16H16N4O2. The van der Waals surface area contributed by atoms with Crippen molar-refractivity contribution < 1.29 is 4.79 Å². The van der Waals surface area contributed by atoms with E-state index < -0.39 is 0 Å². The zero-order valence-electron chi connectivity index (χ0n) is 12.2. The van der Waals surface area contributed by atoms with Crippen LogP contribution in [-0.4, -0.2) is 27.0 Å². The summed E-state index contributed by atoms with van der Waals surface area (Å²) in [5.74, 6) is 0.525. The number of aromatic amines is 1. The number of amides is 1. The lowest BCUT2D eigenvalue weighted by Crippen LogP contribution is -2.31. The molecule has 2 heterocycles. The minimum absolute atomic E-state index is 0.120. The van der Waals surface area contributed by atoms with E-state index in [1.54, 1.807) is 6.07 Å². The van der Waals surface area contributed by atoms with Crippen LogP contribution >= 0.6 is 0 Å². The number of aromatic nitrogens is 3. The highest BCUT2D eigenvalue weighted by atomic mass is 16.2. The summed E-state index contributed by atoms with van der Waals surface area (Å²) in [4.78, 5) is 30.5. The molecule has 1 amide bonds. The Balaban J connectivity index is 1.70. The lowest BCUT2D eigenvalue weighted by molar-refractivity contribution is 0.0951. The number of carbonyl (C=O) groups is 1. The molecule has 0 aliphatic rings. The van der Waals surface area contributed by atoms with Crippen molar-refractivity contribution in [3.05, 3.63) is 64.3 Å². The van der Waals surface area contributed by atoms with Gasteiger partial charge in [-0.25, -0.2) is 4.98 Å². The number of nitrogens with zero attached hydrogens (tertiary/aromatic N) is 2. The van der Waals surface area contributed by atoms with Gasteiger partial charge in [-0.1, -0.05) is 12.1 Å². The largest absolute Gasteiger partial charge is 0.350 e. The molecule has 0 fully saturated rings. The Labute approximate surface area is 126 Å². The predicted octanol–water partition coefficient (Wildman–Crippen LogP) is 1.46. The van der Waals surface area contributed by atoms with Crippen LogP contribution in [0.25, 0.3) is 11.0 Å². The second-order valence-corrected chi connectivity index (χ2v) is 4.97. The molecule has 112 valence electrons. The van der Waals surface area contributed by atoms with Crippen LogP contribution in [0, 0.1) is 6.92 Å². The van der Waals surface area contributed by atoms with Crippen LogP contribution in [0.1, 0.15) is 16.2 Å². The van der Waals surface area contributed by atoms with Crippen molar-refractivity contribution in [3.63, 3.8) is 0 Å². The highest BCUT2D eigenvalue weighted by molar-refractivity contribution is 5.93. The molecule has 6 heteroatoms. The maximum absolute atomic E-state index is 12.0. The van der Waals surface area contributed by atoms with E-state index >= 15 is 0 Å². The number of hydrogen-bond donors (Lipinski definition) is 2. The summed E-state index contributed by atoms with van der Waals surface area (Å²) < 4.78 is 2.05. The maximum Gasteiger partial charge on any atom is 0.260 e. The molecule has 2 aromatic heterocycles. The molecule has 0 saturated heterocycles. The van der Waals surface area contributed by atoms with E-state index in [1.807, 2.05) is 35.8 Å². The van der Waals surface area contributed by atoms with Gasteiger partial charge < -0.3 is 14.9 Å². The van der Waals surface area contributed by atoms with Crippen LogP contribution in [0.15, 0.2) is 47.4 Å². The normalized spacial score (nSPS) is 10.8. The molecule has 0 aliphatic heterocycles. The van der Waals surface area contributed by atoms with E-state index in [0.717, 1.165) is 16.9 Å². The number of para-hydroxylation sites is 2. The molecular weight excluding hydrogens is 280 g/mol. The van der Waals surface area contributed by atoms with Crippen molar-refractivity contribution in [2.45, 2.75) is 13.5 Å². The number of pyridine rings is 1. The van der Waals surface area contributed by atoms with Crippen LogP contribution in [0.2, 0.25) is 0 Å². The molecule has 0 atom stereocenters. The van der Waals surface area contributed by atoms with E-state index in [1.165, 1.54) is 12.3 Å². The van der Waals surface area contributed by atoms with Crippen LogP contribution in [0.3, 0.4) is 0 Å². The van der Waals surface area contributed by atoms with E-state index in [4.69, 9.17) is 0 Å². The monoisotopic (exact) mass is 296 g/mol. The van der Waals surface area contributed by atoms with Gasteiger partial charge in [0, 0.05) is 19.3 Å². The minimum Gasteiger partial charge on any atom is -0.350 e. The standard InChI is InChI=1S/C16H16N4O2/c1-11-19-13-6-2-3-7-14(13)20(11)10-9-18-16(22)12-5-4-8-17-15(12)21/h2-8H,9-10H2,1H3,(H,17,21)(H,18,22). The first-order valence-corrected chi connectivity index (χ1v) is 7.04. The van der Waals surface area contributed by atoms with Gasteiger partial charge in [-0.05, 0) is 31.2 Å². The second-order valence-electron chi connectivity index (χ2n) is 4.97. The molecule has 3 aromatic rings. The van der Waals surface area contributed by atoms with E-state index in [9.17, 15) is 9.59 Å². The Hall–Kier alpha value is -2.89. The maximum atomic E-state index is 12.0. The first-order valence-electron chi connectivity index (χ1n) is 7.04. The molecule has 0 radical (unpaired) electrons. The molecule has 0 aliphatic carbocycles. The Morgan fingerprint density at radius 3 is 2.91 bits per heavy atom. The summed E-state index contributed by atoms with van der Waals surface area (Å²) >= 11 is 0. The van der Waals surface area contributed by atoms with Crippen LogP contribution in [0.5, 0.6) is 0 Å². The van der Waals surface area contributed by atoms with Crippen molar-refractivity contribution in [1.29, 1.82) is 0 Å². The van der Waals surface area contributed by atoms with Gasteiger partial charge in [0.15, 0.2) is 0 Å². The third-order valence-electron chi connectivity index (χ3n) is 3.53.